The summed E-state index contributed by atoms with van der Waals surface area (Å²) in [6, 6.07) is 2.18. The van der Waals surface area contributed by atoms with Crippen molar-refractivity contribution in [3.05, 3.63) is 11.3 Å². The lowest BCUT2D eigenvalue weighted by Gasteiger charge is -2.23. The van der Waals surface area contributed by atoms with Gasteiger partial charge in [-0.1, -0.05) is 0 Å². The van der Waals surface area contributed by atoms with E-state index in [-0.39, 0.29) is 5.91 Å². The Labute approximate surface area is 71.3 Å². The van der Waals surface area contributed by atoms with E-state index in [2.05, 4.69) is 6.07 Å². The van der Waals surface area contributed by atoms with Gasteiger partial charge >= 0.3 is 0 Å². The van der Waals surface area contributed by atoms with E-state index in [1.165, 1.54) is 0 Å². The van der Waals surface area contributed by atoms with Gasteiger partial charge in [-0.3, -0.25) is 4.79 Å². The third-order valence-corrected chi connectivity index (χ3v) is 2.49. The van der Waals surface area contributed by atoms with Crippen LogP contribution in [0.2, 0.25) is 0 Å². The molecule has 0 aliphatic carbocycles. The van der Waals surface area contributed by atoms with Crippen molar-refractivity contribution in [2.75, 3.05) is 6.54 Å². The number of carbonyl (C=O) groups excluding carboxylic acids is 1. The fraction of sp³-hybridized carbons (Fsp3) is 0.556. The minimum Gasteiger partial charge on any atom is -0.315 e. The lowest BCUT2D eigenvalue weighted by atomic mass is 10.0. The van der Waals surface area contributed by atoms with E-state index in [0.717, 1.165) is 37.1 Å². The molecule has 0 radical (unpaired) electrons. The first kappa shape index (κ1) is 7.35. The first-order valence-corrected chi connectivity index (χ1v) is 4.25. The van der Waals surface area contributed by atoms with Gasteiger partial charge in [-0.2, -0.15) is 5.26 Å². The van der Waals surface area contributed by atoms with Crippen LogP contribution < -0.4 is 0 Å². The number of carbonyl (C=O) groups is 1. The smallest absolute Gasteiger partial charge is 0.227 e. The van der Waals surface area contributed by atoms with Crippen molar-refractivity contribution in [1.82, 2.24) is 4.90 Å². The highest BCUT2D eigenvalue weighted by molar-refractivity contribution is 5.82. The molecule has 2 aliphatic heterocycles. The zero-order chi connectivity index (χ0) is 8.55. The molecule has 0 saturated carbocycles. The van der Waals surface area contributed by atoms with Crippen molar-refractivity contribution in [2.45, 2.75) is 25.7 Å². The van der Waals surface area contributed by atoms with Gasteiger partial charge < -0.3 is 4.90 Å². The molecular weight excluding hydrogens is 152 g/mol. The highest BCUT2D eigenvalue weighted by atomic mass is 16.2. The SMILES string of the molecule is N#CC1=C2CCC(=O)N2CCC1. The van der Waals surface area contributed by atoms with E-state index in [9.17, 15) is 4.79 Å². The quantitative estimate of drug-likeness (QED) is 0.536. The highest BCUT2D eigenvalue weighted by Crippen LogP contribution is 2.31. The number of hydrogen-bond donors (Lipinski definition) is 0. The summed E-state index contributed by atoms with van der Waals surface area (Å²) in [4.78, 5) is 13.0. The maximum absolute atomic E-state index is 11.3. The molecule has 12 heavy (non-hydrogen) atoms. The Morgan fingerprint density at radius 2 is 2.17 bits per heavy atom. The zero-order valence-electron chi connectivity index (χ0n) is 6.84. The Morgan fingerprint density at radius 1 is 1.33 bits per heavy atom. The fourth-order valence-corrected chi connectivity index (χ4v) is 1.90. The maximum Gasteiger partial charge on any atom is 0.227 e. The Kier molecular flexibility index (Phi) is 1.61. The lowest BCUT2D eigenvalue weighted by Crippen LogP contribution is -2.28. The Balaban J connectivity index is 2.39. The van der Waals surface area contributed by atoms with Crippen LogP contribution in [0.25, 0.3) is 0 Å². The number of nitriles is 1. The summed E-state index contributed by atoms with van der Waals surface area (Å²) in [6.07, 6.45) is 3.18. The van der Waals surface area contributed by atoms with Gasteiger partial charge in [0.1, 0.15) is 0 Å². The van der Waals surface area contributed by atoms with E-state index in [1.54, 1.807) is 4.90 Å². The standard InChI is InChI=1S/C9H10N2O/c10-6-7-2-1-5-11-8(7)3-4-9(11)12/h1-5H2. The monoisotopic (exact) mass is 162 g/mol. The average molecular weight is 162 g/mol. The summed E-state index contributed by atoms with van der Waals surface area (Å²) in [6.45, 7) is 0.819. The van der Waals surface area contributed by atoms with Crippen LogP contribution in [0.4, 0.5) is 0 Å². The van der Waals surface area contributed by atoms with Gasteiger partial charge in [0.15, 0.2) is 0 Å². The van der Waals surface area contributed by atoms with Crippen molar-refractivity contribution in [3.8, 4) is 6.07 Å². The molecule has 0 aromatic carbocycles. The van der Waals surface area contributed by atoms with Crippen molar-refractivity contribution in [3.63, 3.8) is 0 Å². The second kappa shape index (κ2) is 2.63. The van der Waals surface area contributed by atoms with E-state index < -0.39 is 0 Å². The molecule has 1 fully saturated rings. The van der Waals surface area contributed by atoms with Gasteiger partial charge in [-0.25, -0.2) is 0 Å². The molecule has 3 nitrogen and oxygen atoms in total. The number of allylic oxidation sites excluding steroid dienone is 2. The van der Waals surface area contributed by atoms with Gasteiger partial charge in [0.25, 0.3) is 0 Å². The number of rotatable bonds is 0. The average Bonchev–Trinajstić information content (AvgIpc) is 2.48. The fourth-order valence-electron chi connectivity index (χ4n) is 1.90. The third kappa shape index (κ3) is 0.918. The number of fused-ring (bicyclic) bond motifs is 1. The van der Waals surface area contributed by atoms with Gasteiger partial charge in [0, 0.05) is 24.2 Å². The van der Waals surface area contributed by atoms with Gasteiger partial charge in [-0.15, -0.1) is 0 Å². The molecule has 2 rings (SSSR count). The molecular formula is C9H10N2O. The van der Waals surface area contributed by atoms with Crippen LogP contribution in [0.1, 0.15) is 25.7 Å². The van der Waals surface area contributed by atoms with E-state index in [1.807, 2.05) is 0 Å². The summed E-state index contributed by atoms with van der Waals surface area (Å²) >= 11 is 0. The van der Waals surface area contributed by atoms with Crippen LogP contribution in [0.5, 0.6) is 0 Å². The summed E-state index contributed by atoms with van der Waals surface area (Å²) in [5.74, 6) is 0.192. The molecule has 0 aromatic rings. The molecule has 0 bridgehead atoms. The predicted molar refractivity (Wildman–Crippen MR) is 42.8 cm³/mol. The summed E-state index contributed by atoms with van der Waals surface area (Å²) < 4.78 is 0. The van der Waals surface area contributed by atoms with Crippen LogP contribution in [0.15, 0.2) is 11.3 Å². The minimum atomic E-state index is 0.192. The molecule has 0 aromatic heterocycles. The number of hydrogen-bond acceptors (Lipinski definition) is 2. The summed E-state index contributed by atoms with van der Waals surface area (Å²) in [5, 5.41) is 8.78. The van der Waals surface area contributed by atoms with Gasteiger partial charge in [0.2, 0.25) is 5.91 Å². The largest absolute Gasteiger partial charge is 0.315 e. The molecule has 62 valence electrons. The predicted octanol–water partition coefficient (Wildman–Crippen LogP) is 1.18. The number of nitrogens with zero attached hydrogens (tertiary/aromatic N) is 2. The summed E-state index contributed by atoms with van der Waals surface area (Å²) in [7, 11) is 0. The van der Waals surface area contributed by atoms with Crippen molar-refractivity contribution in [1.29, 1.82) is 5.26 Å². The van der Waals surface area contributed by atoms with Crippen LogP contribution in [-0.4, -0.2) is 17.4 Å². The van der Waals surface area contributed by atoms with Gasteiger partial charge in [-0.05, 0) is 19.3 Å². The van der Waals surface area contributed by atoms with Crippen LogP contribution >= 0.6 is 0 Å². The maximum atomic E-state index is 11.3. The van der Waals surface area contributed by atoms with Crippen LogP contribution in [-0.2, 0) is 4.79 Å². The lowest BCUT2D eigenvalue weighted by molar-refractivity contribution is -0.126. The Morgan fingerprint density at radius 3 is 2.92 bits per heavy atom. The van der Waals surface area contributed by atoms with Crippen LogP contribution in [0, 0.1) is 11.3 Å². The summed E-state index contributed by atoms with van der Waals surface area (Å²) in [5.41, 5.74) is 1.82. The molecule has 1 saturated heterocycles. The first-order chi connectivity index (χ1) is 5.83. The second-order valence-corrected chi connectivity index (χ2v) is 3.19. The molecule has 2 aliphatic rings. The normalized spacial score (nSPS) is 22.6. The minimum absolute atomic E-state index is 0.192. The highest BCUT2D eigenvalue weighted by Gasteiger charge is 2.30. The molecule has 0 atom stereocenters. The molecule has 0 unspecified atom stereocenters. The van der Waals surface area contributed by atoms with E-state index in [4.69, 9.17) is 5.26 Å². The molecule has 1 amide bonds. The van der Waals surface area contributed by atoms with Crippen molar-refractivity contribution < 1.29 is 4.79 Å². The number of amides is 1. The van der Waals surface area contributed by atoms with Crippen LogP contribution in [0.3, 0.4) is 0 Å². The topological polar surface area (TPSA) is 44.1 Å². The molecule has 0 spiro atoms. The molecule has 0 N–H and O–H groups in total. The molecule has 3 heteroatoms. The van der Waals surface area contributed by atoms with E-state index >= 15 is 0 Å². The van der Waals surface area contributed by atoms with Gasteiger partial charge in [0.05, 0.1) is 6.07 Å². The Hall–Kier alpha value is -1.30. The van der Waals surface area contributed by atoms with E-state index in [0.29, 0.717) is 6.42 Å². The van der Waals surface area contributed by atoms with Crippen molar-refractivity contribution >= 4 is 5.91 Å². The second-order valence-electron chi connectivity index (χ2n) is 3.19. The first-order valence-electron chi connectivity index (χ1n) is 4.25. The molecule has 2 heterocycles. The van der Waals surface area contributed by atoms with Crippen molar-refractivity contribution in [2.24, 2.45) is 0 Å². The zero-order valence-corrected chi connectivity index (χ0v) is 6.84. The third-order valence-electron chi connectivity index (χ3n) is 2.49. The Bertz CT molecular complexity index is 298.